The molecule has 4 rings (SSSR count). The Morgan fingerprint density at radius 2 is 1.88 bits per heavy atom. The van der Waals surface area contributed by atoms with Gasteiger partial charge in [0.25, 0.3) is 6.43 Å². The minimum absolute atomic E-state index is 0.230. The van der Waals surface area contributed by atoms with Gasteiger partial charge in [-0.1, -0.05) is 18.2 Å². The smallest absolute Gasteiger partial charge is 0.251 e. The van der Waals surface area contributed by atoms with Crippen molar-refractivity contribution < 1.29 is 22.0 Å². The van der Waals surface area contributed by atoms with E-state index < -0.39 is 37.3 Å². The summed E-state index contributed by atoms with van der Waals surface area (Å²) in [5.41, 5.74) is 2.40. The van der Waals surface area contributed by atoms with E-state index in [0.29, 0.717) is 43.9 Å². The van der Waals surface area contributed by atoms with Crippen molar-refractivity contribution in [3.8, 4) is 0 Å². The minimum atomic E-state index is -2.63. The SMILES string of the molecule is CN(CCNCCCF)c1cc(F)c(C2c3[nH]c4ccccc4c3CCN2CC(F)F)c(F)c1. The molecule has 1 aliphatic heterocycles. The predicted molar refractivity (Wildman–Crippen MR) is 125 cm³/mol. The zero-order valence-corrected chi connectivity index (χ0v) is 19.1. The average Bonchev–Trinajstić information content (AvgIpc) is 3.18. The van der Waals surface area contributed by atoms with Crippen molar-refractivity contribution in [2.24, 2.45) is 0 Å². The Morgan fingerprint density at radius 1 is 1.15 bits per heavy atom. The summed E-state index contributed by atoms with van der Waals surface area (Å²) in [6.07, 6.45) is -1.70. The lowest BCUT2D eigenvalue weighted by Crippen LogP contribution is -2.40. The van der Waals surface area contributed by atoms with Gasteiger partial charge in [0.1, 0.15) is 11.6 Å². The van der Waals surface area contributed by atoms with Crippen molar-refractivity contribution in [1.82, 2.24) is 15.2 Å². The highest BCUT2D eigenvalue weighted by molar-refractivity contribution is 5.85. The number of para-hydroxylation sites is 1. The van der Waals surface area contributed by atoms with E-state index in [-0.39, 0.29) is 12.1 Å². The van der Waals surface area contributed by atoms with E-state index in [9.17, 15) is 13.2 Å². The Kier molecular flexibility index (Phi) is 7.73. The van der Waals surface area contributed by atoms with E-state index in [1.165, 1.54) is 17.0 Å². The number of hydrogen-bond acceptors (Lipinski definition) is 3. The Labute approximate surface area is 195 Å². The predicted octanol–water partition coefficient (Wildman–Crippen LogP) is 5.04. The second-order valence-electron chi connectivity index (χ2n) is 8.64. The third kappa shape index (κ3) is 5.05. The molecule has 0 saturated heterocycles. The number of nitrogens with one attached hydrogen (secondary N) is 2. The molecule has 0 amide bonds. The van der Waals surface area contributed by atoms with Gasteiger partial charge in [-0.3, -0.25) is 9.29 Å². The number of aromatic nitrogens is 1. The highest BCUT2D eigenvalue weighted by Crippen LogP contribution is 2.41. The summed E-state index contributed by atoms with van der Waals surface area (Å²) >= 11 is 0. The Bertz CT molecular complexity index is 1090. The number of fused-ring (bicyclic) bond motifs is 3. The van der Waals surface area contributed by atoms with Gasteiger partial charge in [-0.15, -0.1) is 0 Å². The number of anilines is 1. The molecule has 4 nitrogen and oxygen atoms in total. The number of rotatable bonds is 10. The fourth-order valence-corrected chi connectivity index (χ4v) is 4.74. The van der Waals surface area contributed by atoms with Crippen molar-refractivity contribution in [2.75, 3.05) is 51.3 Å². The van der Waals surface area contributed by atoms with Crippen LogP contribution in [0.4, 0.5) is 27.6 Å². The second-order valence-corrected chi connectivity index (χ2v) is 8.64. The normalized spacial score (nSPS) is 16.4. The Balaban J connectivity index is 1.67. The summed E-state index contributed by atoms with van der Waals surface area (Å²) < 4.78 is 69.9. The van der Waals surface area contributed by atoms with Crippen LogP contribution in [-0.4, -0.2) is 62.8 Å². The highest BCUT2D eigenvalue weighted by Gasteiger charge is 2.36. The van der Waals surface area contributed by atoms with E-state index in [4.69, 9.17) is 0 Å². The van der Waals surface area contributed by atoms with Gasteiger partial charge in [0, 0.05) is 54.5 Å². The summed E-state index contributed by atoms with van der Waals surface area (Å²) in [6.45, 7) is 0.824. The topological polar surface area (TPSA) is 34.3 Å². The molecule has 184 valence electrons. The second kappa shape index (κ2) is 10.7. The Morgan fingerprint density at radius 3 is 2.59 bits per heavy atom. The maximum absolute atomic E-state index is 15.5. The average molecular weight is 481 g/mol. The zero-order chi connectivity index (χ0) is 24.2. The molecule has 0 bridgehead atoms. The van der Waals surface area contributed by atoms with Gasteiger partial charge < -0.3 is 15.2 Å². The molecule has 9 heteroatoms. The monoisotopic (exact) mass is 480 g/mol. The van der Waals surface area contributed by atoms with Gasteiger partial charge in [-0.2, -0.15) is 0 Å². The lowest BCUT2D eigenvalue weighted by molar-refractivity contribution is 0.0680. The number of hydrogen-bond donors (Lipinski definition) is 2. The standard InChI is InChI=1S/C25H29F5N4/c1-33(12-10-31-9-4-8-26)16-13-19(27)23(20(28)14-16)25-24-18(7-11-34(25)15-22(29)30)17-5-2-3-6-21(17)32-24/h2-3,5-6,13-14,22,25,31-32H,4,7-12,15H2,1H3. The fourth-order valence-electron chi connectivity index (χ4n) is 4.74. The minimum Gasteiger partial charge on any atom is -0.373 e. The third-order valence-corrected chi connectivity index (χ3v) is 6.40. The molecule has 2 N–H and O–H groups in total. The van der Waals surface area contributed by atoms with Crippen LogP contribution in [0.1, 0.15) is 29.3 Å². The molecule has 1 unspecified atom stereocenters. The van der Waals surface area contributed by atoms with E-state index in [0.717, 1.165) is 16.5 Å². The summed E-state index contributed by atoms with van der Waals surface area (Å²) in [7, 11) is 1.71. The van der Waals surface area contributed by atoms with E-state index in [1.807, 2.05) is 24.3 Å². The molecular formula is C25H29F5N4. The molecule has 3 aromatic rings. The largest absolute Gasteiger partial charge is 0.373 e. The van der Waals surface area contributed by atoms with Gasteiger partial charge >= 0.3 is 0 Å². The molecule has 0 saturated carbocycles. The first-order valence-corrected chi connectivity index (χ1v) is 11.5. The molecular weight excluding hydrogens is 451 g/mol. The first-order chi connectivity index (χ1) is 16.4. The number of benzene rings is 2. The van der Waals surface area contributed by atoms with Crippen LogP contribution in [0, 0.1) is 11.6 Å². The number of likely N-dealkylation sites (N-methyl/N-ethyl adjacent to an activating group) is 1. The van der Waals surface area contributed by atoms with Crippen LogP contribution < -0.4 is 10.2 Å². The first-order valence-electron chi connectivity index (χ1n) is 11.5. The van der Waals surface area contributed by atoms with Crippen molar-refractivity contribution in [2.45, 2.75) is 25.3 Å². The number of halogens is 5. The summed E-state index contributed by atoms with van der Waals surface area (Å²) in [5.74, 6) is -1.55. The fraction of sp³-hybridized carbons (Fsp3) is 0.440. The van der Waals surface area contributed by atoms with Crippen LogP contribution in [0.3, 0.4) is 0 Å². The maximum Gasteiger partial charge on any atom is 0.251 e. The van der Waals surface area contributed by atoms with E-state index in [1.54, 1.807) is 11.9 Å². The zero-order valence-electron chi connectivity index (χ0n) is 19.1. The van der Waals surface area contributed by atoms with Crippen molar-refractivity contribution in [1.29, 1.82) is 0 Å². The van der Waals surface area contributed by atoms with Crippen molar-refractivity contribution in [3.63, 3.8) is 0 Å². The molecule has 2 aromatic carbocycles. The van der Waals surface area contributed by atoms with Gasteiger partial charge in [0.2, 0.25) is 0 Å². The quantitative estimate of drug-likeness (QED) is 0.315. The molecule has 0 fully saturated rings. The highest BCUT2D eigenvalue weighted by atomic mass is 19.3. The molecule has 0 spiro atoms. The van der Waals surface area contributed by atoms with Gasteiger partial charge in [-0.05, 0) is 43.1 Å². The molecule has 1 aromatic heterocycles. The first kappa shape index (κ1) is 24.5. The maximum atomic E-state index is 15.5. The molecule has 1 aliphatic rings. The molecule has 34 heavy (non-hydrogen) atoms. The van der Waals surface area contributed by atoms with E-state index in [2.05, 4.69) is 10.3 Å². The summed E-state index contributed by atoms with van der Waals surface area (Å²) in [6, 6.07) is 9.05. The summed E-state index contributed by atoms with van der Waals surface area (Å²) in [4.78, 5) is 6.38. The molecule has 2 heterocycles. The van der Waals surface area contributed by atoms with Crippen molar-refractivity contribution >= 4 is 16.6 Å². The number of aromatic amines is 1. The number of H-pyrrole nitrogens is 1. The van der Waals surface area contributed by atoms with Gasteiger partial charge in [0.15, 0.2) is 0 Å². The van der Waals surface area contributed by atoms with Crippen LogP contribution >= 0.6 is 0 Å². The van der Waals surface area contributed by atoms with Crippen LogP contribution in [0.25, 0.3) is 10.9 Å². The van der Waals surface area contributed by atoms with Crippen LogP contribution in [0.15, 0.2) is 36.4 Å². The lowest BCUT2D eigenvalue weighted by atomic mass is 9.91. The van der Waals surface area contributed by atoms with Crippen LogP contribution in [0.5, 0.6) is 0 Å². The molecule has 0 aliphatic carbocycles. The number of nitrogens with zero attached hydrogens (tertiary/aromatic N) is 2. The van der Waals surface area contributed by atoms with Gasteiger partial charge in [-0.25, -0.2) is 17.6 Å². The Hall–Kier alpha value is -2.65. The summed E-state index contributed by atoms with van der Waals surface area (Å²) in [5, 5.41) is 4.02. The van der Waals surface area contributed by atoms with Crippen molar-refractivity contribution in [3.05, 3.63) is 64.9 Å². The molecule has 1 atom stereocenters. The van der Waals surface area contributed by atoms with E-state index >= 15 is 8.78 Å². The van der Waals surface area contributed by atoms with Crippen LogP contribution in [0.2, 0.25) is 0 Å². The lowest BCUT2D eigenvalue weighted by Gasteiger charge is -2.36. The number of alkyl halides is 3. The third-order valence-electron chi connectivity index (χ3n) is 6.40. The van der Waals surface area contributed by atoms with Gasteiger partial charge in [0.05, 0.1) is 19.3 Å². The van der Waals surface area contributed by atoms with Crippen LogP contribution in [-0.2, 0) is 6.42 Å². The molecule has 0 radical (unpaired) electrons.